The summed E-state index contributed by atoms with van der Waals surface area (Å²) in [5, 5.41) is 0. The zero-order chi connectivity index (χ0) is 9.99. The van der Waals surface area contributed by atoms with Crippen molar-refractivity contribution in [2.75, 3.05) is 14.2 Å². The highest BCUT2D eigenvalue weighted by Crippen LogP contribution is 2.22. The molecule has 5 heteroatoms. The second-order valence-corrected chi connectivity index (χ2v) is 25.8. The van der Waals surface area contributed by atoms with E-state index in [1.54, 1.807) is 0 Å². The van der Waals surface area contributed by atoms with Crippen molar-refractivity contribution >= 4 is 23.5 Å². The molecule has 1 radical (unpaired) electrons. The SMILES string of the molecule is CO[Si](OC)([Si](C)C)[Si](C)(C)C. The average molecular weight is 222 g/mol. The molecule has 0 aliphatic rings. The predicted octanol–water partition coefficient (Wildman–Crippen LogP) is 1.97. The van der Waals surface area contributed by atoms with E-state index in [0.29, 0.717) is 0 Å². The van der Waals surface area contributed by atoms with Crippen LogP contribution in [-0.2, 0) is 8.85 Å². The Morgan fingerprint density at radius 2 is 1.25 bits per heavy atom. The second kappa shape index (κ2) is 4.19. The van der Waals surface area contributed by atoms with Gasteiger partial charge in [-0.2, -0.15) is 0 Å². The first-order valence-corrected chi connectivity index (χ1v) is 14.0. The first-order valence-electron chi connectivity index (χ1n) is 4.22. The highest BCUT2D eigenvalue weighted by molar-refractivity contribution is 7.59. The Balaban J connectivity index is 4.83. The average Bonchev–Trinajstić information content (AvgIpc) is 1.87. The summed E-state index contributed by atoms with van der Waals surface area (Å²) in [7, 11) is 0.173. The third kappa shape index (κ3) is 2.08. The Morgan fingerprint density at radius 1 is 0.917 bits per heavy atom. The largest absolute Gasteiger partial charge is 0.403 e. The predicted molar refractivity (Wildman–Crippen MR) is 60.6 cm³/mol. The van der Waals surface area contributed by atoms with Crippen molar-refractivity contribution in [1.29, 1.82) is 0 Å². The zero-order valence-corrected chi connectivity index (χ0v) is 12.3. The topological polar surface area (TPSA) is 18.5 Å². The minimum absolute atomic E-state index is 0.435. The molecule has 2 nitrogen and oxygen atoms in total. The van der Waals surface area contributed by atoms with E-state index in [1.807, 2.05) is 14.2 Å². The Hall–Kier alpha value is 0.571. The van der Waals surface area contributed by atoms with Gasteiger partial charge in [0, 0.05) is 14.2 Å². The summed E-state index contributed by atoms with van der Waals surface area (Å²) in [5.74, 6) is 0. The van der Waals surface area contributed by atoms with E-state index in [9.17, 15) is 0 Å². The van der Waals surface area contributed by atoms with Gasteiger partial charge in [-0.3, -0.25) is 0 Å². The van der Waals surface area contributed by atoms with Crippen molar-refractivity contribution < 1.29 is 8.85 Å². The molecule has 73 valence electrons. The molecule has 0 saturated carbocycles. The maximum absolute atomic E-state index is 5.74. The van der Waals surface area contributed by atoms with Gasteiger partial charge in [0.1, 0.15) is 0 Å². The summed E-state index contributed by atoms with van der Waals surface area (Å²) in [6.07, 6.45) is 0. The smallest absolute Gasteiger partial charge is 0.292 e. The van der Waals surface area contributed by atoms with Gasteiger partial charge < -0.3 is 8.85 Å². The quantitative estimate of drug-likeness (QED) is 0.676. The Morgan fingerprint density at radius 3 is 1.25 bits per heavy atom. The first kappa shape index (κ1) is 12.6. The first-order chi connectivity index (χ1) is 5.31. The second-order valence-electron chi connectivity index (χ2n) is 4.27. The summed E-state index contributed by atoms with van der Waals surface area (Å²) in [4.78, 5) is 0. The molecule has 0 heterocycles. The van der Waals surface area contributed by atoms with E-state index < -0.39 is 23.5 Å². The molecule has 0 aromatic heterocycles. The number of hydrogen-bond donors (Lipinski definition) is 0. The van der Waals surface area contributed by atoms with Crippen LogP contribution >= 0.6 is 0 Å². The maximum atomic E-state index is 5.74. The lowest BCUT2D eigenvalue weighted by Gasteiger charge is -2.40. The van der Waals surface area contributed by atoms with Gasteiger partial charge in [0.25, 0.3) is 7.60 Å². The van der Waals surface area contributed by atoms with Crippen molar-refractivity contribution in [3.05, 3.63) is 0 Å². The Labute approximate surface area is 79.7 Å². The molecular formula is C7H21O2Si3. The normalized spacial score (nSPS) is 14.0. The highest BCUT2D eigenvalue weighted by atomic mass is 29.6. The summed E-state index contributed by atoms with van der Waals surface area (Å²) >= 11 is 0. The van der Waals surface area contributed by atoms with Crippen molar-refractivity contribution in [2.24, 2.45) is 0 Å². The zero-order valence-electron chi connectivity index (χ0n) is 9.32. The lowest BCUT2D eigenvalue weighted by atomic mass is 11.8. The highest BCUT2D eigenvalue weighted by Gasteiger charge is 2.51. The van der Waals surface area contributed by atoms with E-state index in [4.69, 9.17) is 8.85 Å². The van der Waals surface area contributed by atoms with Crippen LogP contribution in [0.25, 0.3) is 0 Å². The molecule has 0 aromatic rings. The van der Waals surface area contributed by atoms with Crippen LogP contribution in [0.3, 0.4) is 0 Å². The molecule has 0 amide bonds. The van der Waals surface area contributed by atoms with Crippen molar-refractivity contribution in [2.45, 2.75) is 32.7 Å². The van der Waals surface area contributed by atoms with E-state index in [0.717, 1.165) is 0 Å². The standard InChI is InChI=1S/C7H21O2Si3/c1-8-12(9-2,10(3)4)11(5,6)7/h1-7H3. The van der Waals surface area contributed by atoms with Gasteiger partial charge in [-0.15, -0.1) is 0 Å². The molecule has 0 fully saturated rings. The van der Waals surface area contributed by atoms with Gasteiger partial charge in [-0.1, -0.05) is 32.7 Å². The molecule has 12 heavy (non-hydrogen) atoms. The van der Waals surface area contributed by atoms with E-state index >= 15 is 0 Å². The van der Waals surface area contributed by atoms with Crippen molar-refractivity contribution in [3.63, 3.8) is 0 Å². The van der Waals surface area contributed by atoms with E-state index in [-0.39, 0.29) is 0 Å². The van der Waals surface area contributed by atoms with Crippen molar-refractivity contribution in [1.82, 2.24) is 0 Å². The number of hydrogen-bond acceptors (Lipinski definition) is 2. The number of rotatable bonds is 4. The molecule has 0 aromatic carbocycles. The van der Waals surface area contributed by atoms with Crippen LogP contribution in [0.4, 0.5) is 0 Å². The fourth-order valence-corrected chi connectivity index (χ4v) is 29.7. The van der Waals surface area contributed by atoms with Crippen LogP contribution in [0.2, 0.25) is 32.7 Å². The Bertz CT molecular complexity index is 138. The third-order valence-electron chi connectivity index (χ3n) is 2.22. The van der Waals surface area contributed by atoms with Gasteiger partial charge in [0.05, 0.1) is 15.9 Å². The molecule has 0 aliphatic heterocycles. The fraction of sp³-hybridized carbons (Fsp3) is 1.00. The summed E-state index contributed by atoms with van der Waals surface area (Å²) in [6.45, 7) is 11.7. The summed E-state index contributed by atoms with van der Waals surface area (Å²) in [6, 6.07) is 0. The monoisotopic (exact) mass is 221 g/mol. The maximum Gasteiger partial charge on any atom is 0.292 e. The molecule has 0 N–H and O–H groups in total. The molecule has 0 aliphatic carbocycles. The van der Waals surface area contributed by atoms with Crippen molar-refractivity contribution in [3.8, 4) is 0 Å². The minimum Gasteiger partial charge on any atom is -0.403 e. The lowest BCUT2D eigenvalue weighted by Crippen LogP contribution is -2.69. The van der Waals surface area contributed by atoms with Crippen LogP contribution in [0, 0.1) is 0 Å². The Kier molecular flexibility index (Phi) is 4.39. The summed E-state index contributed by atoms with van der Waals surface area (Å²) < 4.78 is 11.5. The fourth-order valence-electron chi connectivity index (χ4n) is 1.85. The molecule has 0 saturated heterocycles. The van der Waals surface area contributed by atoms with Gasteiger partial charge in [0.15, 0.2) is 0 Å². The molecule has 0 unspecified atom stereocenters. The van der Waals surface area contributed by atoms with Crippen LogP contribution in [0.15, 0.2) is 0 Å². The minimum atomic E-state index is -1.78. The molecular weight excluding hydrogens is 200 g/mol. The third-order valence-corrected chi connectivity index (χ3v) is 30.2. The van der Waals surface area contributed by atoms with Gasteiger partial charge in [0.2, 0.25) is 0 Å². The molecule has 0 atom stereocenters. The van der Waals surface area contributed by atoms with Gasteiger partial charge in [-0.05, 0) is 0 Å². The van der Waals surface area contributed by atoms with Gasteiger partial charge >= 0.3 is 0 Å². The van der Waals surface area contributed by atoms with E-state index in [1.165, 1.54) is 0 Å². The lowest BCUT2D eigenvalue weighted by molar-refractivity contribution is 0.283. The molecule has 0 rings (SSSR count). The van der Waals surface area contributed by atoms with Crippen LogP contribution in [0.5, 0.6) is 0 Å². The molecule has 0 bridgehead atoms. The van der Waals surface area contributed by atoms with Crippen LogP contribution < -0.4 is 0 Å². The summed E-state index contributed by atoms with van der Waals surface area (Å²) in [5.41, 5.74) is 0. The van der Waals surface area contributed by atoms with E-state index in [2.05, 4.69) is 32.7 Å². The van der Waals surface area contributed by atoms with Gasteiger partial charge in [-0.25, -0.2) is 0 Å². The van der Waals surface area contributed by atoms with Crippen LogP contribution in [0.1, 0.15) is 0 Å². The molecule has 0 spiro atoms. The van der Waals surface area contributed by atoms with Crippen LogP contribution in [-0.4, -0.2) is 37.7 Å².